The van der Waals surface area contributed by atoms with Gasteiger partial charge in [0.25, 0.3) is 5.92 Å². The van der Waals surface area contributed by atoms with Crippen molar-refractivity contribution in [3.63, 3.8) is 0 Å². The van der Waals surface area contributed by atoms with Crippen molar-refractivity contribution < 1.29 is 27.8 Å². The number of halogens is 3. The van der Waals surface area contributed by atoms with Gasteiger partial charge < -0.3 is 9.84 Å². The largest absolute Gasteiger partial charge is 0.477 e. The predicted octanol–water partition coefficient (Wildman–Crippen LogP) is 4.49. The summed E-state index contributed by atoms with van der Waals surface area (Å²) in [6.07, 6.45) is 0. The van der Waals surface area contributed by atoms with E-state index in [9.17, 15) is 18.0 Å². The summed E-state index contributed by atoms with van der Waals surface area (Å²) in [5, 5.41) is 8.97. The average Bonchev–Trinajstić information content (AvgIpc) is 2.68. The molecule has 0 saturated heterocycles. The van der Waals surface area contributed by atoms with Crippen LogP contribution in [-0.2, 0) is 5.92 Å². The second kappa shape index (κ2) is 5.16. The molecule has 3 nitrogen and oxygen atoms in total. The normalized spacial score (nSPS) is 11.4. The summed E-state index contributed by atoms with van der Waals surface area (Å²) in [6, 6.07) is 7.80. The Labute approximate surface area is 116 Å². The molecule has 0 atom stereocenters. The highest BCUT2D eigenvalue weighted by molar-refractivity contribution is 7.14. The zero-order chi connectivity index (χ0) is 14.9. The Morgan fingerprint density at radius 3 is 2.40 bits per heavy atom. The minimum Gasteiger partial charge on any atom is -0.477 e. The van der Waals surface area contributed by atoms with Gasteiger partial charge in [0, 0.05) is 6.92 Å². The Morgan fingerprint density at radius 1 is 1.30 bits per heavy atom. The number of ether oxygens (including phenoxy) is 1. The fourth-order valence-electron chi connectivity index (χ4n) is 1.52. The molecule has 2 aromatic rings. The lowest BCUT2D eigenvalue weighted by Gasteiger charge is -2.07. The molecule has 0 aliphatic heterocycles. The zero-order valence-electron chi connectivity index (χ0n) is 10.2. The van der Waals surface area contributed by atoms with Crippen molar-refractivity contribution in [3.8, 4) is 11.5 Å². The van der Waals surface area contributed by atoms with Gasteiger partial charge in [-0.25, -0.2) is 18.0 Å². The number of aromatic carboxylic acids is 1. The summed E-state index contributed by atoms with van der Waals surface area (Å²) in [5.41, 5.74) is 0. The van der Waals surface area contributed by atoms with Crippen LogP contribution < -0.4 is 4.74 Å². The van der Waals surface area contributed by atoms with Crippen LogP contribution in [-0.4, -0.2) is 11.1 Å². The highest BCUT2D eigenvalue weighted by Crippen LogP contribution is 2.43. The molecule has 0 aliphatic carbocycles. The van der Waals surface area contributed by atoms with E-state index in [-0.39, 0.29) is 17.1 Å². The highest BCUT2D eigenvalue weighted by atomic mass is 32.1. The van der Waals surface area contributed by atoms with Crippen molar-refractivity contribution in [2.24, 2.45) is 0 Å². The van der Waals surface area contributed by atoms with Crippen LogP contribution in [0.3, 0.4) is 0 Å². The number of hydrogen-bond donors (Lipinski definition) is 1. The Kier molecular flexibility index (Phi) is 3.71. The van der Waals surface area contributed by atoms with Gasteiger partial charge >= 0.3 is 5.97 Å². The molecule has 1 N–H and O–H groups in total. The van der Waals surface area contributed by atoms with Gasteiger partial charge in [-0.2, -0.15) is 0 Å². The molecule has 0 spiro atoms. The fourth-order valence-corrected chi connectivity index (χ4v) is 2.39. The van der Waals surface area contributed by atoms with Crippen LogP contribution >= 0.6 is 11.3 Å². The number of carboxylic acids is 1. The maximum absolute atomic E-state index is 14.0. The summed E-state index contributed by atoms with van der Waals surface area (Å²) < 4.78 is 45.5. The first-order chi connectivity index (χ1) is 9.30. The van der Waals surface area contributed by atoms with Crippen molar-refractivity contribution in [1.29, 1.82) is 0 Å². The summed E-state index contributed by atoms with van der Waals surface area (Å²) >= 11 is 0.171. The molecule has 1 aromatic heterocycles. The van der Waals surface area contributed by atoms with E-state index in [0.29, 0.717) is 6.92 Å². The molecule has 1 heterocycles. The van der Waals surface area contributed by atoms with Crippen molar-refractivity contribution in [1.82, 2.24) is 0 Å². The molecule has 7 heteroatoms. The molecule has 1 aromatic carbocycles. The second-order valence-corrected chi connectivity index (χ2v) is 5.03. The van der Waals surface area contributed by atoms with Crippen molar-refractivity contribution in [3.05, 3.63) is 45.9 Å². The number of carbonyl (C=O) groups is 1. The molecule has 0 radical (unpaired) electrons. The first-order valence-corrected chi connectivity index (χ1v) is 6.29. The zero-order valence-corrected chi connectivity index (χ0v) is 11.0. The molecular weight excluding hydrogens is 293 g/mol. The first-order valence-electron chi connectivity index (χ1n) is 5.47. The van der Waals surface area contributed by atoms with Crippen LogP contribution in [0.2, 0.25) is 0 Å². The average molecular weight is 302 g/mol. The number of rotatable bonds is 4. The third kappa shape index (κ3) is 2.77. The topological polar surface area (TPSA) is 46.5 Å². The maximum atomic E-state index is 14.0. The Bertz CT molecular complexity index is 632. The lowest BCUT2D eigenvalue weighted by molar-refractivity contribution is 0.0178. The van der Waals surface area contributed by atoms with E-state index in [1.807, 2.05) is 0 Å². The predicted molar refractivity (Wildman–Crippen MR) is 67.3 cm³/mol. The number of alkyl halides is 2. The summed E-state index contributed by atoms with van der Waals surface area (Å²) in [7, 11) is 0. The standard InChI is InChI=1S/C13H9F3O3S/c1-13(15,16)11-8(14)9(10(20-11)12(17)18)19-7-5-3-2-4-6-7/h2-6H,1H3,(H,17,18). The highest BCUT2D eigenvalue weighted by Gasteiger charge is 2.36. The molecule has 0 unspecified atom stereocenters. The molecular formula is C13H9F3O3S. The van der Waals surface area contributed by atoms with E-state index in [1.54, 1.807) is 18.2 Å². The molecule has 0 aliphatic rings. The first kappa shape index (κ1) is 14.4. The summed E-state index contributed by atoms with van der Waals surface area (Å²) in [4.78, 5) is 9.47. The van der Waals surface area contributed by atoms with Crippen LogP contribution in [0.25, 0.3) is 0 Å². The Morgan fingerprint density at radius 2 is 1.90 bits per heavy atom. The van der Waals surface area contributed by atoms with Gasteiger partial charge in [0.05, 0.1) is 0 Å². The molecule has 0 fully saturated rings. The summed E-state index contributed by atoms with van der Waals surface area (Å²) in [5.74, 6) is -6.86. The van der Waals surface area contributed by atoms with Crippen LogP contribution in [0, 0.1) is 5.82 Å². The molecule has 0 amide bonds. The fraction of sp³-hybridized carbons (Fsp3) is 0.154. The van der Waals surface area contributed by atoms with Crippen molar-refractivity contribution >= 4 is 17.3 Å². The number of para-hydroxylation sites is 1. The van der Waals surface area contributed by atoms with Crippen LogP contribution in [0.1, 0.15) is 21.5 Å². The minimum atomic E-state index is -3.47. The quantitative estimate of drug-likeness (QED) is 0.905. The third-order valence-electron chi connectivity index (χ3n) is 2.37. The third-order valence-corrected chi connectivity index (χ3v) is 3.67. The number of carboxylic acid groups (broad SMARTS) is 1. The second-order valence-electron chi connectivity index (χ2n) is 4.01. The van der Waals surface area contributed by atoms with Gasteiger partial charge in [-0.3, -0.25) is 0 Å². The number of benzene rings is 1. The maximum Gasteiger partial charge on any atom is 0.349 e. The van der Waals surface area contributed by atoms with E-state index in [1.165, 1.54) is 12.1 Å². The lowest BCUT2D eigenvalue weighted by atomic mass is 10.2. The van der Waals surface area contributed by atoms with E-state index in [2.05, 4.69) is 0 Å². The van der Waals surface area contributed by atoms with Crippen LogP contribution in [0.5, 0.6) is 11.5 Å². The minimum absolute atomic E-state index is 0.165. The molecule has 106 valence electrons. The van der Waals surface area contributed by atoms with Gasteiger partial charge in [0.2, 0.25) is 0 Å². The Balaban J connectivity index is 2.51. The molecule has 20 heavy (non-hydrogen) atoms. The van der Waals surface area contributed by atoms with E-state index in [4.69, 9.17) is 9.84 Å². The van der Waals surface area contributed by atoms with E-state index < -0.39 is 33.2 Å². The molecule has 0 saturated carbocycles. The van der Waals surface area contributed by atoms with E-state index >= 15 is 0 Å². The van der Waals surface area contributed by atoms with E-state index in [0.717, 1.165) is 0 Å². The number of hydrogen-bond acceptors (Lipinski definition) is 3. The van der Waals surface area contributed by atoms with Crippen molar-refractivity contribution in [2.75, 3.05) is 0 Å². The summed E-state index contributed by atoms with van der Waals surface area (Å²) in [6.45, 7) is 0.500. The number of thiophene rings is 1. The lowest BCUT2D eigenvalue weighted by Crippen LogP contribution is -2.06. The Hall–Kier alpha value is -2.02. The SMILES string of the molecule is CC(F)(F)c1sc(C(=O)O)c(Oc2ccccc2)c1F. The van der Waals surface area contributed by atoms with Crippen molar-refractivity contribution in [2.45, 2.75) is 12.8 Å². The van der Waals surface area contributed by atoms with Gasteiger partial charge in [-0.05, 0) is 12.1 Å². The van der Waals surface area contributed by atoms with Gasteiger partial charge in [0.15, 0.2) is 16.4 Å². The molecule has 2 rings (SSSR count). The van der Waals surface area contributed by atoms with Gasteiger partial charge in [-0.1, -0.05) is 18.2 Å². The monoisotopic (exact) mass is 302 g/mol. The smallest absolute Gasteiger partial charge is 0.349 e. The van der Waals surface area contributed by atoms with Gasteiger partial charge in [-0.15, -0.1) is 11.3 Å². The van der Waals surface area contributed by atoms with Crippen LogP contribution in [0.4, 0.5) is 13.2 Å². The van der Waals surface area contributed by atoms with Gasteiger partial charge in [0.1, 0.15) is 10.6 Å². The molecule has 0 bridgehead atoms. The van der Waals surface area contributed by atoms with Crippen LogP contribution in [0.15, 0.2) is 30.3 Å².